The van der Waals surface area contributed by atoms with Gasteiger partial charge in [-0.05, 0) is 40.2 Å². The van der Waals surface area contributed by atoms with Gasteiger partial charge in [0, 0.05) is 30.8 Å². The van der Waals surface area contributed by atoms with E-state index in [0.29, 0.717) is 50.3 Å². The second-order valence-electron chi connectivity index (χ2n) is 10.3. The van der Waals surface area contributed by atoms with E-state index in [1.54, 1.807) is 57.2 Å². The van der Waals surface area contributed by atoms with Crippen LogP contribution < -0.4 is 10.6 Å². The maximum atomic E-state index is 12.3. The monoisotopic (exact) mass is 552 g/mol. The van der Waals surface area contributed by atoms with Crippen molar-refractivity contribution < 1.29 is 29.0 Å². The van der Waals surface area contributed by atoms with Crippen LogP contribution in [0, 0.1) is 0 Å². The van der Waals surface area contributed by atoms with Crippen molar-refractivity contribution in [2.45, 2.75) is 45.3 Å². The Morgan fingerprint density at radius 1 is 0.950 bits per heavy atom. The minimum absolute atomic E-state index is 0.00584. The number of hydrogen-bond donors (Lipinski definition) is 3. The zero-order chi connectivity index (χ0) is 29.4. The lowest BCUT2D eigenvalue weighted by Gasteiger charge is -2.24. The number of carboxylic acid groups (broad SMARTS) is 1. The molecular weight excluding hydrogens is 512 g/mol. The molecule has 0 saturated carbocycles. The normalized spacial score (nSPS) is 12.3. The molecule has 0 bridgehead atoms. The van der Waals surface area contributed by atoms with E-state index < -0.39 is 23.7 Å². The van der Waals surface area contributed by atoms with Gasteiger partial charge < -0.3 is 25.4 Å². The number of rotatable bonds is 17. The van der Waals surface area contributed by atoms with Gasteiger partial charge in [-0.1, -0.05) is 60.7 Å². The summed E-state index contributed by atoms with van der Waals surface area (Å²) < 4.78 is 5.18. The van der Waals surface area contributed by atoms with Crippen LogP contribution >= 0.6 is 0 Å². The van der Waals surface area contributed by atoms with Crippen molar-refractivity contribution in [3.63, 3.8) is 0 Å². The van der Waals surface area contributed by atoms with Crippen LogP contribution in [0.25, 0.3) is 0 Å². The number of amides is 1. The molecule has 0 saturated heterocycles. The van der Waals surface area contributed by atoms with Crippen LogP contribution in [0.1, 0.15) is 54.3 Å². The third-order valence-corrected chi connectivity index (χ3v) is 5.75. The van der Waals surface area contributed by atoms with Gasteiger partial charge >= 0.3 is 12.1 Å². The summed E-state index contributed by atoms with van der Waals surface area (Å²) >= 11 is 0. The Labute approximate surface area is 235 Å². The van der Waals surface area contributed by atoms with Gasteiger partial charge in [-0.25, -0.2) is 9.59 Å². The Kier molecular flexibility index (Phi) is 13.7. The summed E-state index contributed by atoms with van der Waals surface area (Å²) in [6.07, 6.45) is 1.24. The van der Waals surface area contributed by atoms with E-state index in [1.165, 1.54) is 6.21 Å². The van der Waals surface area contributed by atoms with Crippen molar-refractivity contribution in [3.05, 3.63) is 71.8 Å². The highest BCUT2D eigenvalue weighted by Gasteiger charge is 2.24. The lowest BCUT2D eigenvalue weighted by Crippen LogP contribution is -2.44. The number of alkyl carbamates (subject to hydrolysis) is 1. The van der Waals surface area contributed by atoms with Gasteiger partial charge in [0.25, 0.3) is 0 Å². The average molecular weight is 553 g/mol. The second-order valence-corrected chi connectivity index (χ2v) is 10.3. The van der Waals surface area contributed by atoms with Crippen LogP contribution in [0.2, 0.25) is 0 Å². The molecule has 1 amide bonds. The van der Waals surface area contributed by atoms with Gasteiger partial charge in [0.2, 0.25) is 5.78 Å². The van der Waals surface area contributed by atoms with E-state index >= 15 is 0 Å². The first-order valence-corrected chi connectivity index (χ1v) is 13.4. The summed E-state index contributed by atoms with van der Waals surface area (Å²) in [6.45, 7) is 7.88. The quantitative estimate of drug-likeness (QED) is 0.154. The Morgan fingerprint density at radius 2 is 1.57 bits per heavy atom. The molecule has 2 aromatic rings. The summed E-state index contributed by atoms with van der Waals surface area (Å²) in [5.74, 6) is -1.32. The lowest BCUT2D eigenvalue weighted by molar-refractivity contribution is -0.139. The molecule has 0 aliphatic heterocycles. The largest absolute Gasteiger partial charge is 0.480 e. The molecule has 2 aromatic carbocycles. The van der Waals surface area contributed by atoms with E-state index in [1.807, 2.05) is 24.3 Å². The van der Waals surface area contributed by atoms with E-state index in [2.05, 4.69) is 20.5 Å². The third kappa shape index (κ3) is 13.3. The fourth-order valence-corrected chi connectivity index (χ4v) is 3.75. The third-order valence-electron chi connectivity index (χ3n) is 5.75. The first-order chi connectivity index (χ1) is 19.0. The van der Waals surface area contributed by atoms with Gasteiger partial charge in [0.1, 0.15) is 11.6 Å². The van der Waals surface area contributed by atoms with Crippen molar-refractivity contribution in [3.8, 4) is 0 Å². The van der Waals surface area contributed by atoms with Crippen molar-refractivity contribution in [2.75, 3.05) is 39.3 Å². The number of hydrogen-bond acceptors (Lipinski definition) is 8. The number of carbonyl (C=O) groups is 4. The van der Waals surface area contributed by atoms with Crippen LogP contribution in [0.5, 0.6) is 0 Å². The molecular formula is C30H40N4O6. The van der Waals surface area contributed by atoms with Crippen molar-refractivity contribution in [2.24, 2.45) is 4.99 Å². The Balaban J connectivity index is 1.88. The van der Waals surface area contributed by atoms with E-state index in [0.717, 1.165) is 0 Å². The molecule has 0 heterocycles. The summed E-state index contributed by atoms with van der Waals surface area (Å²) in [6, 6.07) is 16.8. The summed E-state index contributed by atoms with van der Waals surface area (Å²) in [7, 11) is 0. The van der Waals surface area contributed by atoms with Crippen molar-refractivity contribution in [1.29, 1.82) is 0 Å². The molecule has 0 fully saturated rings. The van der Waals surface area contributed by atoms with Crippen molar-refractivity contribution in [1.82, 2.24) is 15.5 Å². The number of aliphatic imine (C=N–C) groups is 1. The minimum atomic E-state index is -1.14. The number of carbonyl (C=O) groups excluding carboxylic acids is 3. The highest BCUT2D eigenvalue weighted by Crippen LogP contribution is 2.08. The number of Topliss-reactive ketones (excluding diaryl/α,β-unsaturated/α-hetero) is 2. The minimum Gasteiger partial charge on any atom is -0.480 e. The van der Waals surface area contributed by atoms with Crippen LogP contribution in [0.3, 0.4) is 0 Å². The first-order valence-electron chi connectivity index (χ1n) is 13.4. The molecule has 3 N–H and O–H groups in total. The Hall–Kier alpha value is -3.89. The number of nitrogens with one attached hydrogen (secondary N) is 2. The molecule has 216 valence electrons. The van der Waals surface area contributed by atoms with E-state index in [-0.39, 0.29) is 24.5 Å². The number of nitrogens with zero attached hydrogens (tertiary/aromatic N) is 2. The first kappa shape index (κ1) is 32.3. The topological polar surface area (TPSA) is 137 Å². The summed E-state index contributed by atoms with van der Waals surface area (Å²) in [5, 5.41) is 15.1. The molecule has 0 aliphatic rings. The predicted octanol–water partition coefficient (Wildman–Crippen LogP) is 3.47. The average Bonchev–Trinajstić information content (AvgIpc) is 2.92. The number of ketones is 2. The van der Waals surface area contributed by atoms with Crippen LogP contribution in [-0.4, -0.2) is 90.8 Å². The molecule has 10 nitrogen and oxygen atoms in total. The van der Waals surface area contributed by atoms with Crippen LogP contribution in [0.4, 0.5) is 4.79 Å². The fourth-order valence-electron chi connectivity index (χ4n) is 3.75. The molecule has 0 aromatic heterocycles. The van der Waals surface area contributed by atoms with Gasteiger partial charge in [-0.2, -0.15) is 0 Å². The second kappa shape index (κ2) is 16.9. The number of benzene rings is 2. The van der Waals surface area contributed by atoms with Gasteiger partial charge in [-0.15, -0.1) is 0 Å². The Morgan fingerprint density at radius 3 is 2.17 bits per heavy atom. The molecule has 0 radical (unpaired) electrons. The summed E-state index contributed by atoms with van der Waals surface area (Å²) in [5.41, 5.74) is 0.468. The number of carboxylic acids is 1. The molecule has 0 spiro atoms. The van der Waals surface area contributed by atoms with E-state index in [4.69, 9.17) is 4.74 Å². The van der Waals surface area contributed by atoms with Crippen molar-refractivity contribution >= 4 is 29.8 Å². The SMILES string of the molecule is CC(C)(C)OC(=O)N[C@@H](CCCN(CCN=CC(=O)c1ccccc1)CCNCC(=O)c1ccccc1)C(=O)O. The standard InChI is InChI=1S/C30H40N4O6/c1-30(2,3)40-29(39)33-25(28(37)38)15-10-18-34(19-16-31-21-26(35)23-11-6-4-7-12-23)20-17-32-22-27(36)24-13-8-5-9-14-24/h4-9,11-14,21,25,32H,10,15-20,22H2,1-3H3,(H,33,39)(H,37,38)/t25-/m0/s1. The van der Waals surface area contributed by atoms with E-state index in [9.17, 15) is 24.3 Å². The highest BCUT2D eigenvalue weighted by molar-refractivity contribution is 6.35. The van der Waals surface area contributed by atoms with Crippen LogP contribution in [-0.2, 0) is 9.53 Å². The fraction of sp³-hybridized carbons (Fsp3) is 0.433. The molecule has 0 aliphatic carbocycles. The lowest BCUT2D eigenvalue weighted by atomic mass is 10.1. The maximum Gasteiger partial charge on any atom is 0.408 e. The van der Waals surface area contributed by atoms with Gasteiger partial charge in [-0.3, -0.25) is 14.6 Å². The molecule has 40 heavy (non-hydrogen) atoms. The molecule has 10 heteroatoms. The molecule has 0 unspecified atom stereocenters. The van der Waals surface area contributed by atoms with Gasteiger partial charge in [0.15, 0.2) is 5.78 Å². The smallest absolute Gasteiger partial charge is 0.408 e. The molecule has 1 atom stereocenters. The Bertz CT molecular complexity index is 1120. The predicted molar refractivity (Wildman–Crippen MR) is 154 cm³/mol. The molecule has 2 rings (SSSR count). The maximum absolute atomic E-state index is 12.3. The van der Waals surface area contributed by atoms with Gasteiger partial charge in [0.05, 0.1) is 19.3 Å². The van der Waals surface area contributed by atoms with Crippen LogP contribution in [0.15, 0.2) is 65.7 Å². The highest BCUT2D eigenvalue weighted by atomic mass is 16.6. The zero-order valence-corrected chi connectivity index (χ0v) is 23.5. The number of aliphatic carboxylic acids is 1. The zero-order valence-electron chi connectivity index (χ0n) is 23.5. The number of ether oxygens (including phenoxy) is 1. The summed E-state index contributed by atoms with van der Waals surface area (Å²) in [4.78, 5) is 54.7.